The summed E-state index contributed by atoms with van der Waals surface area (Å²) in [5, 5.41) is 10.7. The highest BCUT2D eigenvalue weighted by molar-refractivity contribution is 7.47. The normalized spacial score (nSPS) is 13.9. The highest BCUT2D eigenvalue weighted by atomic mass is 31.2. The maximum absolute atomic E-state index is 13.1. The number of rotatable bonds is 84. The van der Waals surface area contributed by atoms with Crippen LogP contribution < -0.4 is 0 Å². The van der Waals surface area contributed by atoms with Gasteiger partial charge in [0.25, 0.3) is 0 Å². The van der Waals surface area contributed by atoms with Crippen molar-refractivity contribution in [2.75, 3.05) is 39.6 Å². The van der Waals surface area contributed by atoms with Crippen LogP contribution in [0, 0.1) is 17.8 Å². The Morgan fingerprint density at radius 2 is 0.438 bits per heavy atom. The summed E-state index contributed by atoms with van der Waals surface area (Å²) in [6.07, 6.45) is 66.5. The fourth-order valence-corrected chi connectivity index (χ4v) is 14.9. The van der Waals surface area contributed by atoms with Crippen LogP contribution in [0.15, 0.2) is 0 Å². The zero-order valence-corrected chi connectivity index (χ0v) is 71.0. The summed E-state index contributed by atoms with van der Waals surface area (Å²) in [6, 6.07) is 0. The molecule has 624 valence electrons. The number of phosphoric ester groups is 2. The Bertz CT molecular complexity index is 2030. The van der Waals surface area contributed by atoms with Gasteiger partial charge in [0, 0.05) is 25.7 Å². The molecule has 5 atom stereocenters. The van der Waals surface area contributed by atoms with Gasteiger partial charge in [-0.25, -0.2) is 9.13 Å². The van der Waals surface area contributed by atoms with Crippen molar-refractivity contribution < 1.29 is 80.2 Å². The van der Waals surface area contributed by atoms with Crippen LogP contribution in [-0.2, 0) is 65.4 Å². The molecule has 0 fully saturated rings. The molecule has 2 unspecified atom stereocenters. The van der Waals surface area contributed by atoms with Crippen molar-refractivity contribution >= 4 is 39.5 Å². The molecule has 0 aromatic carbocycles. The molecule has 0 rings (SSSR count). The first-order chi connectivity index (χ1) is 50.7. The van der Waals surface area contributed by atoms with E-state index >= 15 is 0 Å². The summed E-state index contributed by atoms with van der Waals surface area (Å²) in [7, 11) is -9.93. The zero-order valence-electron chi connectivity index (χ0n) is 69.2. The van der Waals surface area contributed by atoms with Crippen molar-refractivity contribution in [2.24, 2.45) is 17.8 Å². The van der Waals surface area contributed by atoms with E-state index in [9.17, 15) is 43.2 Å². The lowest BCUT2D eigenvalue weighted by Crippen LogP contribution is -2.30. The molecule has 0 amide bonds. The number of aliphatic hydroxyl groups is 1. The second-order valence-electron chi connectivity index (χ2n) is 32.4. The van der Waals surface area contributed by atoms with Crippen molar-refractivity contribution in [3.63, 3.8) is 0 Å². The van der Waals surface area contributed by atoms with Gasteiger partial charge in [0.15, 0.2) is 12.2 Å². The maximum atomic E-state index is 13.1. The lowest BCUT2D eigenvalue weighted by atomic mass is 10.0. The summed E-state index contributed by atoms with van der Waals surface area (Å²) in [4.78, 5) is 73.3. The minimum atomic E-state index is -4.97. The smallest absolute Gasteiger partial charge is 0.462 e. The second kappa shape index (κ2) is 76.1. The molecule has 0 bridgehead atoms. The van der Waals surface area contributed by atoms with Crippen LogP contribution in [0.25, 0.3) is 0 Å². The van der Waals surface area contributed by atoms with Gasteiger partial charge in [0.05, 0.1) is 26.4 Å². The largest absolute Gasteiger partial charge is 0.472 e. The van der Waals surface area contributed by atoms with Gasteiger partial charge >= 0.3 is 39.5 Å². The number of phosphoric acid groups is 2. The molecule has 0 aliphatic carbocycles. The minimum Gasteiger partial charge on any atom is -0.462 e. The first kappa shape index (κ1) is 103. The zero-order chi connectivity index (χ0) is 77.2. The maximum Gasteiger partial charge on any atom is 0.472 e. The Balaban J connectivity index is 5.26. The van der Waals surface area contributed by atoms with E-state index in [1.807, 2.05) is 0 Å². The molecule has 0 aromatic heterocycles. The summed E-state index contributed by atoms with van der Waals surface area (Å²) in [6.45, 7) is 12.1. The molecule has 0 saturated carbocycles. The van der Waals surface area contributed by atoms with Crippen LogP contribution in [0.2, 0.25) is 0 Å². The topological polar surface area (TPSA) is 237 Å². The number of aliphatic hydroxyl groups excluding tert-OH is 1. The van der Waals surface area contributed by atoms with E-state index in [-0.39, 0.29) is 25.7 Å². The molecule has 0 aromatic rings. The van der Waals surface area contributed by atoms with Gasteiger partial charge < -0.3 is 33.8 Å². The van der Waals surface area contributed by atoms with Crippen LogP contribution in [0.3, 0.4) is 0 Å². The van der Waals surface area contributed by atoms with Crippen LogP contribution in [0.5, 0.6) is 0 Å². The van der Waals surface area contributed by atoms with Gasteiger partial charge in [0.1, 0.15) is 19.3 Å². The summed E-state index contributed by atoms with van der Waals surface area (Å²) in [5.41, 5.74) is 0. The molecule has 0 radical (unpaired) electrons. The van der Waals surface area contributed by atoms with E-state index < -0.39 is 97.5 Å². The van der Waals surface area contributed by atoms with Gasteiger partial charge in [-0.15, -0.1) is 0 Å². The van der Waals surface area contributed by atoms with Gasteiger partial charge in [0.2, 0.25) is 0 Å². The molecule has 0 heterocycles. The average Bonchev–Trinajstić information content (AvgIpc) is 0.909. The van der Waals surface area contributed by atoms with E-state index in [4.69, 9.17) is 37.0 Å². The van der Waals surface area contributed by atoms with Crippen molar-refractivity contribution in [1.29, 1.82) is 0 Å². The third-order valence-corrected chi connectivity index (χ3v) is 22.0. The molecule has 0 aliphatic rings. The molecular formula is C86H168O17P2. The van der Waals surface area contributed by atoms with Crippen molar-refractivity contribution in [3.8, 4) is 0 Å². The highest BCUT2D eigenvalue weighted by Gasteiger charge is 2.30. The lowest BCUT2D eigenvalue weighted by molar-refractivity contribution is -0.161. The minimum absolute atomic E-state index is 0.108. The van der Waals surface area contributed by atoms with Gasteiger partial charge in [-0.1, -0.05) is 402 Å². The summed E-state index contributed by atoms with van der Waals surface area (Å²) < 4.78 is 68.9. The van der Waals surface area contributed by atoms with E-state index in [0.717, 1.165) is 108 Å². The monoisotopic (exact) mass is 1540 g/mol. The number of esters is 4. The summed E-state index contributed by atoms with van der Waals surface area (Å²) >= 11 is 0. The van der Waals surface area contributed by atoms with Crippen LogP contribution >= 0.6 is 15.6 Å². The molecule has 0 saturated heterocycles. The number of hydrogen-bond donors (Lipinski definition) is 3. The third kappa shape index (κ3) is 79.9. The highest BCUT2D eigenvalue weighted by Crippen LogP contribution is 2.45. The quantitative estimate of drug-likeness (QED) is 0.0222. The van der Waals surface area contributed by atoms with E-state index in [1.165, 1.54) is 263 Å². The van der Waals surface area contributed by atoms with Crippen LogP contribution in [-0.4, -0.2) is 96.7 Å². The standard InChI is InChI=1S/C86H168O17P2/c1-8-9-10-11-12-13-14-32-39-46-53-60-67-83(88)96-73-81(102-86(91)70-63-56-49-42-35-28-22-21-25-31-38-45-52-59-66-79(6)7)75-100-104(92,93)98-71-80(87)72-99-105(94,95)101-76-82(103-85(90)69-62-55-48-41-34-27-20-16-18-24-30-37-44-51-58-65-78(4)5)74-97-84(89)68-61-54-47-40-33-26-19-15-17-23-29-36-43-50-57-64-77(2)3/h77-82,87H,8-76H2,1-7H3,(H,92,93)(H,94,95)/t80-,81+,82+/m0/s1. The SMILES string of the molecule is CCCCCCCCCCCCCCC(=O)OC[C@H](COP(=O)(O)OC[C@H](O)COP(=O)(O)OC[C@@H](COC(=O)CCCCCCCCCCCCCCCCCC(C)C)OC(=O)CCCCCCCCCCCCCCCCCC(C)C)OC(=O)CCCCCCCCCCCCCCCCC(C)C. The third-order valence-electron chi connectivity index (χ3n) is 20.1. The first-order valence-electron chi connectivity index (χ1n) is 44.3. The van der Waals surface area contributed by atoms with Crippen LogP contribution in [0.4, 0.5) is 0 Å². The molecule has 19 heteroatoms. The number of carbonyl (C=O) groups is 4. The number of hydrogen-bond acceptors (Lipinski definition) is 15. The lowest BCUT2D eigenvalue weighted by Gasteiger charge is -2.21. The molecule has 0 spiro atoms. The molecule has 3 N–H and O–H groups in total. The van der Waals surface area contributed by atoms with E-state index in [0.29, 0.717) is 25.7 Å². The fraction of sp³-hybridized carbons (Fsp3) is 0.953. The Morgan fingerprint density at radius 1 is 0.257 bits per heavy atom. The molecule has 0 aliphatic heterocycles. The number of carbonyl (C=O) groups excluding carboxylic acids is 4. The predicted molar refractivity (Wildman–Crippen MR) is 432 cm³/mol. The van der Waals surface area contributed by atoms with Crippen molar-refractivity contribution in [3.05, 3.63) is 0 Å². The molecular weight excluding hydrogens is 1370 g/mol. The van der Waals surface area contributed by atoms with Crippen LogP contribution in [0.1, 0.15) is 453 Å². The van der Waals surface area contributed by atoms with Crippen molar-refractivity contribution in [1.82, 2.24) is 0 Å². The van der Waals surface area contributed by atoms with E-state index in [2.05, 4.69) is 48.5 Å². The predicted octanol–water partition coefficient (Wildman–Crippen LogP) is 26.1. The summed E-state index contributed by atoms with van der Waals surface area (Å²) in [5.74, 6) is 0.302. The Labute approximate surface area is 645 Å². The molecule has 105 heavy (non-hydrogen) atoms. The first-order valence-corrected chi connectivity index (χ1v) is 47.3. The Morgan fingerprint density at radius 3 is 0.648 bits per heavy atom. The molecule has 17 nitrogen and oxygen atoms in total. The van der Waals surface area contributed by atoms with Gasteiger partial charge in [-0.05, 0) is 43.4 Å². The van der Waals surface area contributed by atoms with Gasteiger partial charge in [-0.3, -0.25) is 37.3 Å². The number of unbranched alkanes of at least 4 members (excludes halogenated alkanes) is 52. The fourth-order valence-electron chi connectivity index (χ4n) is 13.4. The van der Waals surface area contributed by atoms with Gasteiger partial charge in [-0.2, -0.15) is 0 Å². The number of ether oxygens (including phenoxy) is 4. The Hall–Kier alpha value is -1.94. The van der Waals surface area contributed by atoms with Crippen molar-refractivity contribution in [2.45, 2.75) is 471 Å². The average molecular weight is 1540 g/mol. The Kier molecular flexibility index (Phi) is 74.7. The second-order valence-corrected chi connectivity index (χ2v) is 35.3. The van der Waals surface area contributed by atoms with E-state index in [1.54, 1.807) is 0 Å².